The van der Waals surface area contributed by atoms with Crippen LogP contribution in [0.5, 0.6) is 11.8 Å². The van der Waals surface area contributed by atoms with Crippen LogP contribution in [0.25, 0.3) is 0 Å². The van der Waals surface area contributed by atoms with E-state index in [0.717, 1.165) is 12.8 Å². The smallest absolute Gasteiger partial charge is 0.220 e. The summed E-state index contributed by atoms with van der Waals surface area (Å²) in [5, 5.41) is 10.6. The third-order valence-electron chi connectivity index (χ3n) is 4.72. The number of methoxy groups -OCH3 is 2. The molecule has 1 aromatic heterocycles. The van der Waals surface area contributed by atoms with E-state index >= 15 is 0 Å². The van der Waals surface area contributed by atoms with E-state index in [4.69, 9.17) is 9.47 Å². The molecule has 1 atom stereocenters. The third kappa shape index (κ3) is 4.25. The SMILES string of the molecule is CCC(CC)(c1ccccc1)C(CO)Sc1nc(OC)cc(OC)n1. The average molecular weight is 362 g/mol. The molecule has 1 N–H and O–H groups in total. The van der Waals surface area contributed by atoms with Crippen LogP contribution in [0.2, 0.25) is 0 Å². The van der Waals surface area contributed by atoms with Gasteiger partial charge in [0.25, 0.3) is 0 Å². The molecule has 0 amide bonds. The first kappa shape index (κ1) is 19.5. The number of ether oxygens (including phenoxy) is 2. The van der Waals surface area contributed by atoms with Gasteiger partial charge in [-0.05, 0) is 18.4 Å². The molecular weight excluding hydrogens is 336 g/mol. The fourth-order valence-electron chi connectivity index (χ4n) is 3.17. The van der Waals surface area contributed by atoms with Crippen molar-refractivity contribution in [2.24, 2.45) is 0 Å². The van der Waals surface area contributed by atoms with Gasteiger partial charge in [0.15, 0.2) is 5.16 Å². The number of thioether (sulfide) groups is 1. The van der Waals surface area contributed by atoms with Crippen molar-refractivity contribution in [1.82, 2.24) is 9.97 Å². The predicted molar refractivity (Wildman–Crippen MR) is 101 cm³/mol. The molecule has 0 saturated heterocycles. The Hall–Kier alpha value is -1.79. The largest absolute Gasteiger partial charge is 0.481 e. The van der Waals surface area contributed by atoms with Gasteiger partial charge in [-0.2, -0.15) is 9.97 Å². The quantitative estimate of drug-likeness (QED) is 0.542. The highest BCUT2D eigenvalue weighted by molar-refractivity contribution is 7.99. The summed E-state index contributed by atoms with van der Waals surface area (Å²) < 4.78 is 10.5. The van der Waals surface area contributed by atoms with Gasteiger partial charge in [0.1, 0.15) is 0 Å². The number of nitrogens with zero attached hydrogens (tertiary/aromatic N) is 2. The van der Waals surface area contributed by atoms with Gasteiger partial charge in [0.05, 0.1) is 26.9 Å². The Bertz CT molecular complexity index is 641. The van der Waals surface area contributed by atoms with Gasteiger partial charge in [-0.1, -0.05) is 55.9 Å². The van der Waals surface area contributed by atoms with Gasteiger partial charge in [-0.25, -0.2) is 0 Å². The summed E-state index contributed by atoms with van der Waals surface area (Å²) in [5.41, 5.74) is 1.06. The minimum atomic E-state index is -0.166. The van der Waals surface area contributed by atoms with E-state index in [1.165, 1.54) is 17.3 Å². The van der Waals surface area contributed by atoms with Crippen molar-refractivity contribution in [3.8, 4) is 11.8 Å². The maximum Gasteiger partial charge on any atom is 0.220 e. The van der Waals surface area contributed by atoms with Crippen molar-refractivity contribution < 1.29 is 14.6 Å². The predicted octanol–water partition coefficient (Wildman–Crippen LogP) is 3.70. The first-order chi connectivity index (χ1) is 12.1. The van der Waals surface area contributed by atoms with Crippen molar-refractivity contribution in [3.05, 3.63) is 42.0 Å². The Kier molecular flexibility index (Phi) is 7.08. The number of benzene rings is 1. The maximum absolute atomic E-state index is 10.2. The van der Waals surface area contributed by atoms with Gasteiger partial charge in [0.2, 0.25) is 11.8 Å². The first-order valence-electron chi connectivity index (χ1n) is 8.43. The van der Waals surface area contributed by atoms with Crippen LogP contribution in [0.1, 0.15) is 32.3 Å². The number of aliphatic hydroxyl groups is 1. The fourth-order valence-corrected chi connectivity index (χ4v) is 4.48. The standard InChI is InChI=1S/C19H26N2O3S/c1-5-19(6-2,14-10-8-7-9-11-14)15(13-22)25-18-20-16(23-3)12-17(21-18)24-4/h7-12,15,22H,5-6,13H2,1-4H3. The summed E-state index contributed by atoms with van der Waals surface area (Å²) in [6, 6.07) is 12.0. The summed E-state index contributed by atoms with van der Waals surface area (Å²) >= 11 is 1.47. The number of hydrogen-bond donors (Lipinski definition) is 1. The zero-order valence-corrected chi connectivity index (χ0v) is 16.0. The lowest BCUT2D eigenvalue weighted by Crippen LogP contribution is -2.39. The van der Waals surface area contributed by atoms with Gasteiger partial charge in [-0.3, -0.25) is 0 Å². The van der Waals surface area contributed by atoms with Crippen LogP contribution in [0, 0.1) is 0 Å². The molecule has 2 aromatic rings. The normalized spacial score (nSPS) is 12.7. The molecule has 2 rings (SSSR count). The monoisotopic (exact) mass is 362 g/mol. The Morgan fingerprint density at radius 3 is 2.04 bits per heavy atom. The molecule has 136 valence electrons. The minimum Gasteiger partial charge on any atom is -0.481 e. The van der Waals surface area contributed by atoms with Crippen LogP contribution in [-0.2, 0) is 5.41 Å². The van der Waals surface area contributed by atoms with Crippen LogP contribution in [0.4, 0.5) is 0 Å². The maximum atomic E-state index is 10.2. The molecule has 0 bridgehead atoms. The van der Waals surface area contributed by atoms with Gasteiger partial charge >= 0.3 is 0 Å². The molecule has 1 unspecified atom stereocenters. The van der Waals surface area contributed by atoms with Gasteiger partial charge < -0.3 is 14.6 Å². The molecule has 1 heterocycles. The number of hydrogen-bond acceptors (Lipinski definition) is 6. The van der Waals surface area contributed by atoms with Crippen molar-refractivity contribution in [1.29, 1.82) is 0 Å². The topological polar surface area (TPSA) is 64.5 Å². The van der Waals surface area contributed by atoms with E-state index in [-0.39, 0.29) is 17.3 Å². The van der Waals surface area contributed by atoms with E-state index < -0.39 is 0 Å². The fraction of sp³-hybridized carbons (Fsp3) is 0.474. The van der Waals surface area contributed by atoms with E-state index in [1.54, 1.807) is 20.3 Å². The molecule has 25 heavy (non-hydrogen) atoms. The van der Waals surface area contributed by atoms with Gasteiger partial charge in [-0.15, -0.1) is 0 Å². The van der Waals surface area contributed by atoms with Crippen molar-refractivity contribution in [3.63, 3.8) is 0 Å². The molecule has 5 nitrogen and oxygen atoms in total. The third-order valence-corrected chi connectivity index (χ3v) is 6.00. The Morgan fingerprint density at radius 1 is 1.04 bits per heavy atom. The van der Waals surface area contributed by atoms with Crippen LogP contribution in [0.15, 0.2) is 41.6 Å². The van der Waals surface area contributed by atoms with Crippen molar-refractivity contribution >= 4 is 11.8 Å². The zero-order chi connectivity index (χ0) is 18.3. The number of rotatable bonds is 9. The molecule has 6 heteroatoms. The summed E-state index contributed by atoms with van der Waals surface area (Å²) in [4.78, 5) is 8.80. The Labute approximate surface area is 153 Å². The highest BCUT2D eigenvalue weighted by Gasteiger charge is 2.38. The van der Waals surface area contributed by atoms with Crippen molar-refractivity contribution in [2.45, 2.75) is 42.5 Å². The molecule has 0 aliphatic carbocycles. The lowest BCUT2D eigenvalue weighted by molar-refractivity contribution is 0.236. The highest BCUT2D eigenvalue weighted by atomic mass is 32.2. The zero-order valence-electron chi connectivity index (χ0n) is 15.2. The lowest BCUT2D eigenvalue weighted by atomic mass is 9.73. The first-order valence-corrected chi connectivity index (χ1v) is 9.31. The van der Waals surface area contributed by atoms with Crippen LogP contribution in [0.3, 0.4) is 0 Å². The molecule has 0 fully saturated rings. The highest BCUT2D eigenvalue weighted by Crippen LogP contribution is 2.43. The summed E-state index contributed by atoms with van der Waals surface area (Å²) in [7, 11) is 3.12. The van der Waals surface area contributed by atoms with E-state index in [9.17, 15) is 5.11 Å². The molecule has 1 aromatic carbocycles. The molecule has 0 aliphatic rings. The molecule has 0 spiro atoms. The lowest BCUT2D eigenvalue weighted by Gasteiger charge is -2.38. The Balaban J connectivity index is 2.40. The van der Waals surface area contributed by atoms with E-state index in [1.807, 2.05) is 18.2 Å². The van der Waals surface area contributed by atoms with Crippen LogP contribution in [-0.4, -0.2) is 41.2 Å². The second kappa shape index (κ2) is 9.06. The van der Waals surface area contributed by atoms with Gasteiger partial charge in [0, 0.05) is 10.7 Å². The van der Waals surface area contributed by atoms with Crippen molar-refractivity contribution in [2.75, 3.05) is 20.8 Å². The second-order valence-corrected chi connectivity index (χ2v) is 6.92. The summed E-state index contributed by atoms with van der Waals surface area (Å²) in [6.45, 7) is 4.35. The molecule has 0 saturated carbocycles. The van der Waals surface area contributed by atoms with Crippen LogP contribution >= 0.6 is 11.8 Å². The van der Waals surface area contributed by atoms with E-state index in [0.29, 0.717) is 16.9 Å². The molecular formula is C19H26N2O3S. The minimum absolute atomic E-state index is 0.0319. The summed E-state index contributed by atoms with van der Waals surface area (Å²) in [5.74, 6) is 0.897. The number of aliphatic hydroxyl groups excluding tert-OH is 1. The second-order valence-electron chi connectivity index (χ2n) is 5.75. The Morgan fingerprint density at radius 2 is 1.60 bits per heavy atom. The van der Waals surface area contributed by atoms with Crippen LogP contribution < -0.4 is 9.47 Å². The molecule has 0 aliphatic heterocycles. The summed E-state index contributed by atoms with van der Waals surface area (Å²) in [6.07, 6.45) is 1.82. The number of aromatic nitrogens is 2. The van der Waals surface area contributed by atoms with E-state index in [2.05, 4.69) is 35.9 Å². The average Bonchev–Trinajstić information content (AvgIpc) is 2.68. The molecule has 0 radical (unpaired) electrons.